The lowest BCUT2D eigenvalue weighted by molar-refractivity contribution is 0.102. The smallest absolute Gasteiger partial charge is 0.322 e. The summed E-state index contributed by atoms with van der Waals surface area (Å²) in [6.07, 6.45) is 1.56. The topological polar surface area (TPSA) is 96.4 Å². The summed E-state index contributed by atoms with van der Waals surface area (Å²) in [4.78, 5) is 27.0. The van der Waals surface area contributed by atoms with E-state index in [1.54, 1.807) is 36.3 Å². The zero-order valence-corrected chi connectivity index (χ0v) is 17.5. The second kappa shape index (κ2) is 9.09. The van der Waals surface area contributed by atoms with Crippen molar-refractivity contribution in [3.8, 4) is 5.75 Å². The van der Waals surface area contributed by atoms with E-state index in [1.807, 2.05) is 0 Å². The van der Waals surface area contributed by atoms with E-state index >= 15 is 0 Å². The number of amides is 3. The van der Waals surface area contributed by atoms with Crippen molar-refractivity contribution in [2.24, 2.45) is 0 Å². The molecule has 31 heavy (non-hydrogen) atoms. The van der Waals surface area contributed by atoms with Crippen LogP contribution in [0.25, 0.3) is 0 Å². The quantitative estimate of drug-likeness (QED) is 0.615. The number of nitrogens with zero attached hydrogens (tertiary/aromatic N) is 3. The molecule has 0 radical (unpaired) electrons. The lowest BCUT2D eigenvalue weighted by atomic mass is 10.2. The predicted octanol–water partition coefficient (Wildman–Crippen LogP) is 4.31. The monoisotopic (exact) mass is 441 g/mol. The summed E-state index contributed by atoms with van der Waals surface area (Å²) in [5.74, 6) is -0.165. The average Bonchev–Trinajstić information content (AvgIpc) is 3.45. The zero-order chi connectivity index (χ0) is 21.8. The molecule has 0 bridgehead atoms. The third kappa shape index (κ3) is 4.80. The van der Waals surface area contributed by atoms with E-state index in [1.165, 1.54) is 24.3 Å². The molecule has 1 aromatic heterocycles. The van der Waals surface area contributed by atoms with Gasteiger partial charge in [0.05, 0.1) is 13.2 Å². The van der Waals surface area contributed by atoms with Gasteiger partial charge in [-0.2, -0.15) is 0 Å². The fraction of sp³-hybridized carbons (Fsp3) is 0.238. The van der Waals surface area contributed by atoms with Gasteiger partial charge in [-0.3, -0.25) is 4.79 Å². The van der Waals surface area contributed by atoms with Crippen molar-refractivity contribution in [2.75, 3.05) is 24.3 Å². The van der Waals surface area contributed by atoms with Gasteiger partial charge in [0, 0.05) is 24.0 Å². The van der Waals surface area contributed by atoms with Crippen LogP contribution in [0.3, 0.4) is 0 Å². The van der Waals surface area contributed by atoms with Crippen molar-refractivity contribution in [3.05, 3.63) is 64.4 Å². The number of carbonyl (C=O) groups is 2. The van der Waals surface area contributed by atoms with Gasteiger partial charge in [0.1, 0.15) is 16.6 Å². The molecule has 2 heterocycles. The highest BCUT2D eigenvalue weighted by Gasteiger charge is 2.33. The highest BCUT2D eigenvalue weighted by atomic mass is 32.1. The maximum Gasteiger partial charge on any atom is 0.322 e. The van der Waals surface area contributed by atoms with Crippen LogP contribution in [0, 0.1) is 5.82 Å². The number of hydrogen-bond donors (Lipinski definition) is 2. The average molecular weight is 441 g/mol. The molecule has 1 aliphatic rings. The second-order valence-corrected chi connectivity index (χ2v) is 7.93. The molecule has 1 aliphatic heterocycles. The molecule has 1 atom stereocenters. The minimum absolute atomic E-state index is 0.180. The Morgan fingerprint density at radius 1 is 1.13 bits per heavy atom. The fourth-order valence-electron chi connectivity index (χ4n) is 3.34. The zero-order valence-electron chi connectivity index (χ0n) is 16.7. The SMILES string of the molecule is COc1cccc(NC(=O)N2CCC[C@@H]2c2nnc(C(=O)Nc3ccc(F)cc3)s2)c1. The van der Waals surface area contributed by atoms with Gasteiger partial charge < -0.3 is 20.3 Å². The second-order valence-electron chi connectivity index (χ2n) is 6.92. The van der Waals surface area contributed by atoms with Crippen LogP contribution in [0.15, 0.2) is 48.5 Å². The minimum atomic E-state index is -0.430. The Kier molecular flexibility index (Phi) is 6.08. The molecule has 1 fully saturated rings. The van der Waals surface area contributed by atoms with Gasteiger partial charge in [0.15, 0.2) is 0 Å². The molecule has 10 heteroatoms. The van der Waals surface area contributed by atoms with Crippen molar-refractivity contribution < 1.29 is 18.7 Å². The van der Waals surface area contributed by atoms with E-state index < -0.39 is 5.91 Å². The third-order valence-electron chi connectivity index (χ3n) is 4.86. The first kappa shape index (κ1) is 20.7. The Hall–Kier alpha value is -3.53. The number of hydrogen-bond acceptors (Lipinski definition) is 6. The number of benzene rings is 2. The summed E-state index contributed by atoms with van der Waals surface area (Å²) in [5.41, 5.74) is 1.09. The van der Waals surface area contributed by atoms with E-state index in [0.29, 0.717) is 28.7 Å². The van der Waals surface area contributed by atoms with E-state index in [4.69, 9.17) is 4.74 Å². The molecule has 0 unspecified atom stereocenters. The van der Waals surface area contributed by atoms with Crippen LogP contribution in [0.2, 0.25) is 0 Å². The van der Waals surface area contributed by atoms with Crippen molar-refractivity contribution in [3.63, 3.8) is 0 Å². The summed E-state index contributed by atoms with van der Waals surface area (Å²) in [6.45, 7) is 0.581. The van der Waals surface area contributed by atoms with Crippen molar-refractivity contribution in [2.45, 2.75) is 18.9 Å². The van der Waals surface area contributed by atoms with Crippen molar-refractivity contribution in [1.82, 2.24) is 15.1 Å². The number of methoxy groups -OCH3 is 1. The molecule has 160 valence electrons. The molecule has 0 aliphatic carbocycles. The van der Waals surface area contributed by atoms with Gasteiger partial charge in [0.25, 0.3) is 5.91 Å². The van der Waals surface area contributed by atoms with Crippen LogP contribution >= 0.6 is 11.3 Å². The lowest BCUT2D eigenvalue weighted by Gasteiger charge is -2.23. The highest BCUT2D eigenvalue weighted by Crippen LogP contribution is 2.34. The summed E-state index contributed by atoms with van der Waals surface area (Å²) >= 11 is 1.14. The largest absolute Gasteiger partial charge is 0.497 e. The van der Waals surface area contributed by atoms with E-state index in [0.717, 1.165) is 24.2 Å². The fourth-order valence-corrected chi connectivity index (χ4v) is 4.23. The first-order valence-corrected chi connectivity index (χ1v) is 10.5. The van der Waals surface area contributed by atoms with E-state index in [9.17, 15) is 14.0 Å². The number of nitrogens with one attached hydrogen (secondary N) is 2. The standard InChI is InChI=1S/C21H20FN5O3S/c1-30-16-5-2-4-15(12-16)24-21(29)27-11-3-6-17(27)19-25-26-20(31-19)18(28)23-14-9-7-13(22)8-10-14/h2,4-5,7-10,12,17H,3,6,11H2,1H3,(H,23,28)(H,24,29)/t17-/m1/s1. The summed E-state index contributed by atoms with van der Waals surface area (Å²) < 4.78 is 18.2. The number of aromatic nitrogens is 2. The Labute approximate surface area is 182 Å². The molecule has 1 saturated heterocycles. The number of anilines is 2. The van der Waals surface area contributed by atoms with Crippen molar-refractivity contribution >= 4 is 34.6 Å². The summed E-state index contributed by atoms with van der Waals surface area (Å²) in [7, 11) is 1.57. The van der Waals surface area contributed by atoms with E-state index in [2.05, 4.69) is 20.8 Å². The molecule has 0 spiro atoms. The molecular weight excluding hydrogens is 421 g/mol. The summed E-state index contributed by atoms with van der Waals surface area (Å²) in [6, 6.07) is 12.1. The molecule has 2 aromatic carbocycles. The normalized spacial score (nSPS) is 15.5. The predicted molar refractivity (Wildman–Crippen MR) is 115 cm³/mol. The van der Waals surface area contributed by atoms with Crippen molar-refractivity contribution in [1.29, 1.82) is 0 Å². The molecule has 0 saturated carbocycles. The number of likely N-dealkylation sites (tertiary alicyclic amines) is 1. The maximum atomic E-state index is 13.0. The van der Waals surface area contributed by atoms with Crippen LogP contribution in [0.5, 0.6) is 5.75 Å². The maximum absolute atomic E-state index is 13.0. The Bertz CT molecular complexity index is 1090. The molecule has 2 N–H and O–H groups in total. The molecular formula is C21H20FN5O3S. The lowest BCUT2D eigenvalue weighted by Crippen LogP contribution is -2.34. The number of urea groups is 1. The van der Waals surface area contributed by atoms with Gasteiger partial charge >= 0.3 is 6.03 Å². The minimum Gasteiger partial charge on any atom is -0.497 e. The Morgan fingerprint density at radius 2 is 1.94 bits per heavy atom. The van der Waals surface area contributed by atoms with Crippen LogP contribution < -0.4 is 15.4 Å². The Balaban J connectivity index is 1.43. The highest BCUT2D eigenvalue weighted by molar-refractivity contribution is 7.13. The van der Waals surface area contributed by atoms with Gasteiger partial charge in [-0.05, 0) is 49.2 Å². The van der Waals surface area contributed by atoms with E-state index in [-0.39, 0.29) is 22.9 Å². The number of halogens is 1. The van der Waals surface area contributed by atoms with Crippen LogP contribution in [0.1, 0.15) is 33.7 Å². The van der Waals surface area contributed by atoms with Gasteiger partial charge in [-0.1, -0.05) is 17.4 Å². The summed E-state index contributed by atoms with van der Waals surface area (Å²) in [5, 5.41) is 14.5. The number of carbonyl (C=O) groups excluding carboxylic acids is 2. The third-order valence-corrected chi connectivity index (χ3v) is 5.88. The molecule has 4 rings (SSSR count). The van der Waals surface area contributed by atoms with Gasteiger partial charge in [0.2, 0.25) is 5.01 Å². The van der Waals surface area contributed by atoms with Crippen LogP contribution in [0.4, 0.5) is 20.6 Å². The first-order chi connectivity index (χ1) is 15.0. The molecule has 3 amide bonds. The van der Waals surface area contributed by atoms with Crippen LogP contribution in [-0.4, -0.2) is 40.7 Å². The molecule has 8 nitrogen and oxygen atoms in total. The Morgan fingerprint density at radius 3 is 2.71 bits per heavy atom. The number of ether oxygens (including phenoxy) is 1. The van der Waals surface area contributed by atoms with Crippen LogP contribution in [-0.2, 0) is 0 Å². The van der Waals surface area contributed by atoms with Gasteiger partial charge in [-0.25, -0.2) is 9.18 Å². The molecule has 3 aromatic rings. The van der Waals surface area contributed by atoms with Gasteiger partial charge in [-0.15, -0.1) is 10.2 Å². The number of rotatable bonds is 5. The first-order valence-electron chi connectivity index (χ1n) is 9.65.